The Hall–Kier alpha value is -2.06. The molecule has 0 aromatic heterocycles. The van der Waals surface area contributed by atoms with E-state index in [2.05, 4.69) is 11.4 Å². The van der Waals surface area contributed by atoms with Crippen LogP contribution in [0.5, 0.6) is 0 Å². The van der Waals surface area contributed by atoms with Crippen molar-refractivity contribution in [1.82, 2.24) is 5.32 Å². The molecule has 0 bridgehead atoms. The summed E-state index contributed by atoms with van der Waals surface area (Å²) in [5, 5.41) is 21.7. The van der Waals surface area contributed by atoms with Crippen molar-refractivity contribution in [2.45, 2.75) is 12.3 Å². The highest BCUT2D eigenvalue weighted by Crippen LogP contribution is 2.32. The number of nitrogens with one attached hydrogen (secondary N) is 1. The van der Waals surface area contributed by atoms with Crippen LogP contribution in [0.15, 0.2) is 42.5 Å². The molecule has 0 saturated heterocycles. The van der Waals surface area contributed by atoms with Crippen molar-refractivity contribution in [3.8, 4) is 17.2 Å². The van der Waals surface area contributed by atoms with E-state index >= 15 is 0 Å². The van der Waals surface area contributed by atoms with Gasteiger partial charge in [-0.3, -0.25) is 4.79 Å². The molecule has 6 heteroatoms. The molecular formula is C18H18Cl2N2O2. The van der Waals surface area contributed by atoms with E-state index in [0.29, 0.717) is 17.1 Å². The molecule has 0 fully saturated rings. The molecule has 4 nitrogen and oxygen atoms in total. The van der Waals surface area contributed by atoms with E-state index in [0.717, 1.165) is 16.7 Å². The number of nitrogens with zero attached hydrogens (tertiary/aromatic N) is 1. The van der Waals surface area contributed by atoms with Crippen LogP contribution in [0, 0.1) is 11.3 Å². The summed E-state index contributed by atoms with van der Waals surface area (Å²) >= 11 is 6.30. The molecule has 0 heterocycles. The maximum absolute atomic E-state index is 11.1. The molecule has 24 heavy (non-hydrogen) atoms. The summed E-state index contributed by atoms with van der Waals surface area (Å²) in [4.78, 5) is 11.1. The van der Waals surface area contributed by atoms with Crippen molar-refractivity contribution in [1.29, 1.82) is 5.26 Å². The van der Waals surface area contributed by atoms with Crippen LogP contribution in [0.25, 0.3) is 11.1 Å². The van der Waals surface area contributed by atoms with E-state index in [4.69, 9.17) is 22.0 Å². The Kier molecular flexibility index (Phi) is 7.73. The van der Waals surface area contributed by atoms with Gasteiger partial charge >= 0.3 is 5.97 Å². The number of aliphatic carboxylic acids is 1. The molecule has 0 amide bonds. The molecule has 1 atom stereocenters. The molecule has 0 aliphatic carbocycles. The van der Waals surface area contributed by atoms with Gasteiger partial charge in [0.15, 0.2) is 0 Å². The summed E-state index contributed by atoms with van der Waals surface area (Å²) in [7, 11) is 1.79. The number of hydrogen-bond donors (Lipinski definition) is 2. The summed E-state index contributed by atoms with van der Waals surface area (Å²) in [5.74, 6) is -0.985. The summed E-state index contributed by atoms with van der Waals surface area (Å²) in [6.07, 6.45) is 0.0418. The van der Waals surface area contributed by atoms with Crippen molar-refractivity contribution in [3.63, 3.8) is 0 Å². The molecule has 0 unspecified atom stereocenters. The minimum Gasteiger partial charge on any atom is -0.481 e. The Labute approximate surface area is 152 Å². The number of halogens is 2. The minimum atomic E-state index is -0.840. The van der Waals surface area contributed by atoms with Gasteiger partial charge in [-0.05, 0) is 42.4 Å². The van der Waals surface area contributed by atoms with Gasteiger partial charge in [-0.1, -0.05) is 29.8 Å². The van der Waals surface area contributed by atoms with E-state index in [1.165, 1.54) is 0 Å². The van der Waals surface area contributed by atoms with E-state index in [-0.39, 0.29) is 24.7 Å². The van der Waals surface area contributed by atoms with Crippen molar-refractivity contribution < 1.29 is 9.90 Å². The lowest BCUT2D eigenvalue weighted by atomic mass is 9.92. The van der Waals surface area contributed by atoms with Gasteiger partial charge in [0.2, 0.25) is 0 Å². The number of carbonyl (C=O) groups is 1. The predicted octanol–water partition coefficient (Wildman–Crippen LogP) is 4.08. The largest absolute Gasteiger partial charge is 0.481 e. The normalized spacial score (nSPS) is 11.2. The molecule has 2 aromatic rings. The van der Waals surface area contributed by atoms with Crippen LogP contribution in [0.1, 0.15) is 23.5 Å². The smallest absolute Gasteiger partial charge is 0.304 e. The van der Waals surface area contributed by atoms with Crippen LogP contribution < -0.4 is 5.32 Å². The van der Waals surface area contributed by atoms with Gasteiger partial charge in [-0.2, -0.15) is 5.26 Å². The van der Waals surface area contributed by atoms with Crippen LogP contribution in [0.3, 0.4) is 0 Å². The number of likely N-dealkylation sites (N-methyl/N-ethyl adjacent to an activating group) is 1. The molecule has 2 rings (SSSR count). The third-order valence-electron chi connectivity index (χ3n) is 3.64. The monoisotopic (exact) mass is 364 g/mol. The van der Waals surface area contributed by atoms with E-state index in [1.54, 1.807) is 31.3 Å². The molecule has 2 N–H and O–H groups in total. The molecule has 0 aliphatic heterocycles. The van der Waals surface area contributed by atoms with Crippen molar-refractivity contribution >= 4 is 30.0 Å². The molecule has 0 radical (unpaired) electrons. The Morgan fingerprint density at radius 1 is 1.33 bits per heavy atom. The fourth-order valence-electron chi connectivity index (χ4n) is 2.54. The molecule has 2 aromatic carbocycles. The highest BCUT2D eigenvalue weighted by atomic mass is 35.5. The van der Waals surface area contributed by atoms with Crippen LogP contribution in [0.4, 0.5) is 0 Å². The highest BCUT2D eigenvalue weighted by Gasteiger charge is 2.17. The fourth-order valence-corrected chi connectivity index (χ4v) is 2.77. The SMILES string of the molecule is CNC[C@H](CC(=O)O)c1ccc(Cl)c(-c2cccc(C#N)c2)c1.Cl. The predicted molar refractivity (Wildman–Crippen MR) is 97.8 cm³/mol. The summed E-state index contributed by atoms with van der Waals surface area (Å²) in [6.45, 7) is 0.561. The molecule has 0 spiro atoms. The van der Waals surface area contributed by atoms with Gasteiger partial charge in [0.05, 0.1) is 18.1 Å². The molecule has 126 valence electrons. The zero-order valence-electron chi connectivity index (χ0n) is 13.1. The Balaban J connectivity index is 0.00000288. The van der Waals surface area contributed by atoms with Gasteiger partial charge < -0.3 is 10.4 Å². The lowest BCUT2D eigenvalue weighted by molar-refractivity contribution is -0.137. The van der Waals surface area contributed by atoms with Crippen molar-refractivity contribution in [2.24, 2.45) is 0 Å². The zero-order valence-corrected chi connectivity index (χ0v) is 14.7. The second-order valence-electron chi connectivity index (χ2n) is 5.28. The average molecular weight is 365 g/mol. The maximum atomic E-state index is 11.1. The minimum absolute atomic E-state index is 0. The third-order valence-corrected chi connectivity index (χ3v) is 3.97. The first-order valence-electron chi connectivity index (χ1n) is 7.21. The van der Waals surface area contributed by atoms with Crippen LogP contribution >= 0.6 is 24.0 Å². The van der Waals surface area contributed by atoms with E-state index in [9.17, 15) is 4.79 Å². The molecule has 0 saturated carbocycles. The van der Waals surface area contributed by atoms with Crippen LogP contribution in [-0.2, 0) is 4.79 Å². The van der Waals surface area contributed by atoms with E-state index < -0.39 is 5.97 Å². The van der Waals surface area contributed by atoms with Gasteiger partial charge in [0.1, 0.15) is 0 Å². The topological polar surface area (TPSA) is 73.1 Å². The number of hydrogen-bond acceptors (Lipinski definition) is 3. The third kappa shape index (κ3) is 4.97. The Morgan fingerprint density at radius 2 is 2.08 bits per heavy atom. The van der Waals surface area contributed by atoms with Crippen molar-refractivity contribution in [2.75, 3.05) is 13.6 Å². The second kappa shape index (κ2) is 9.29. The van der Waals surface area contributed by atoms with Gasteiger partial charge in [0.25, 0.3) is 0 Å². The van der Waals surface area contributed by atoms with Crippen molar-refractivity contribution in [3.05, 3.63) is 58.6 Å². The number of nitriles is 1. The first-order valence-corrected chi connectivity index (χ1v) is 7.59. The van der Waals surface area contributed by atoms with Gasteiger partial charge in [-0.15, -0.1) is 12.4 Å². The fraction of sp³-hybridized carbons (Fsp3) is 0.222. The molecular weight excluding hydrogens is 347 g/mol. The summed E-state index contributed by atoms with van der Waals surface area (Å²) in [6, 6.07) is 14.8. The average Bonchev–Trinajstić information content (AvgIpc) is 2.54. The number of carboxylic acid groups (broad SMARTS) is 1. The highest BCUT2D eigenvalue weighted by molar-refractivity contribution is 6.33. The number of benzene rings is 2. The van der Waals surface area contributed by atoms with Crippen LogP contribution in [-0.4, -0.2) is 24.7 Å². The first-order chi connectivity index (χ1) is 11.0. The standard InChI is InChI=1S/C18H17ClN2O2.ClH/c1-21-11-15(9-18(22)23)13-5-6-17(19)16(8-13)14-4-2-3-12(7-14)10-20;/h2-8,15,21H,9,11H2,1H3,(H,22,23);1H/t15-;/m0./s1. The second-order valence-corrected chi connectivity index (χ2v) is 5.69. The number of carboxylic acids is 1. The summed E-state index contributed by atoms with van der Waals surface area (Å²) < 4.78 is 0. The lowest BCUT2D eigenvalue weighted by Gasteiger charge is -2.17. The van der Waals surface area contributed by atoms with Gasteiger partial charge in [0, 0.05) is 23.0 Å². The Bertz CT molecular complexity index is 757. The van der Waals surface area contributed by atoms with Crippen LogP contribution in [0.2, 0.25) is 5.02 Å². The maximum Gasteiger partial charge on any atom is 0.304 e. The number of rotatable bonds is 6. The molecule has 0 aliphatic rings. The quantitative estimate of drug-likeness (QED) is 0.809. The summed E-state index contributed by atoms with van der Waals surface area (Å²) in [5.41, 5.74) is 3.10. The zero-order chi connectivity index (χ0) is 16.8. The van der Waals surface area contributed by atoms with E-state index in [1.807, 2.05) is 18.2 Å². The first kappa shape index (κ1) is 20.0. The lowest BCUT2D eigenvalue weighted by Crippen LogP contribution is -2.20. The van der Waals surface area contributed by atoms with Gasteiger partial charge in [-0.25, -0.2) is 0 Å². The Morgan fingerprint density at radius 3 is 2.71 bits per heavy atom.